The van der Waals surface area contributed by atoms with E-state index in [2.05, 4.69) is 0 Å². The number of nitrogens with two attached hydrogens (primary N) is 1. The molecule has 1 saturated carbocycles. The molecule has 1 aliphatic heterocycles. The van der Waals surface area contributed by atoms with Crippen LogP contribution in [0.25, 0.3) is 0 Å². The van der Waals surface area contributed by atoms with Gasteiger partial charge in [0.2, 0.25) is 5.91 Å². The number of hydrogen-bond acceptors (Lipinski definition) is 3. The topological polar surface area (TPSA) is 83.6 Å². The normalized spacial score (nSPS) is 28.6. The Morgan fingerprint density at radius 3 is 2.53 bits per heavy atom. The zero-order valence-corrected chi connectivity index (χ0v) is 8.61. The number of carboxylic acids is 1. The van der Waals surface area contributed by atoms with E-state index in [4.69, 9.17) is 10.8 Å². The molecular weight excluding hydrogens is 196 g/mol. The molecule has 0 unspecified atom stereocenters. The summed E-state index contributed by atoms with van der Waals surface area (Å²) in [5.41, 5.74) is 5.05. The van der Waals surface area contributed by atoms with Crippen LogP contribution in [-0.4, -0.2) is 40.0 Å². The summed E-state index contributed by atoms with van der Waals surface area (Å²) < 4.78 is 0. The third kappa shape index (κ3) is 1.84. The van der Waals surface area contributed by atoms with E-state index >= 15 is 0 Å². The minimum atomic E-state index is -0.910. The maximum Gasteiger partial charge on any atom is 0.326 e. The van der Waals surface area contributed by atoms with Crippen molar-refractivity contribution in [2.75, 3.05) is 6.54 Å². The molecule has 2 rings (SSSR count). The number of aliphatic carboxylic acids is 1. The second-order valence-electron chi connectivity index (χ2n) is 4.50. The number of nitrogens with zero attached hydrogens (tertiary/aromatic N) is 1. The molecule has 0 spiro atoms. The van der Waals surface area contributed by atoms with Gasteiger partial charge >= 0.3 is 5.97 Å². The molecule has 1 heterocycles. The molecule has 15 heavy (non-hydrogen) atoms. The van der Waals surface area contributed by atoms with Gasteiger partial charge in [0.05, 0.1) is 5.54 Å². The average molecular weight is 212 g/mol. The summed E-state index contributed by atoms with van der Waals surface area (Å²) in [5, 5.41) is 9.01. The van der Waals surface area contributed by atoms with E-state index in [0.29, 0.717) is 25.8 Å². The molecule has 0 aromatic carbocycles. The van der Waals surface area contributed by atoms with Crippen molar-refractivity contribution in [1.29, 1.82) is 0 Å². The highest BCUT2D eigenvalue weighted by atomic mass is 16.4. The van der Waals surface area contributed by atoms with Gasteiger partial charge in [0.1, 0.15) is 6.04 Å². The zero-order valence-electron chi connectivity index (χ0n) is 8.61. The first kappa shape index (κ1) is 10.4. The Balaban J connectivity index is 2.10. The van der Waals surface area contributed by atoms with Gasteiger partial charge in [-0.15, -0.1) is 0 Å². The fourth-order valence-electron chi connectivity index (χ4n) is 2.07. The Bertz CT molecular complexity index is 299. The lowest BCUT2D eigenvalue weighted by Gasteiger charge is -2.34. The maximum absolute atomic E-state index is 11.9. The molecule has 1 amide bonds. The summed E-state index contributed by atoms with van der Waals surface area (Å²) >= 11 is 0. The van der Waals surface area contributed by atoms with Crippen molar-refractivity contribution >= 4 is 11.9 Å². The predicted molar refractivity (Wildman–Crippen MR) is 53.1 cm³/mol. The highest BCUT2D eigenvalue weighted by Crippen LogP contribution is 2.35. The Labute approximate surface area is 88.2 Å². The highest BCUT2D eigenvalue weighted by molar-refractivity contribution is 5.92. The summed E-state index contributed by atoms with van der Waals surface area (Å²) in [6, 6.07) is -0.660. The molecule has 0 aromatic rings. The minimum absolute atomic E-state index is 0.172. The molecule has 2 aliphatic rings. The van der Waals surface area contributed by atoms with Gasteiger partial charge in [-0.1, -0.05) is 0 Å². The quantitative estimate of drug-likeness (QED) is 0.672. The first-order valence-electron chi connectivity index (χ1n) is 5.37. The number of hydrogen-bond donors (Lipinski definition) is 2. The SMILES string of the molecule is NC1(C(=O)N2CCCC[C@H]2C(=O)O)CC1. The number of carbonyl (C=O) groups is 2. The Hall–Kier alpha value is -1.10. The number of piperidine rings is 1. The molecule has 1 aliphatic carbocycles. The van der Waals surface area contributed by atoms with Gasteiger partial charge in [0, 0.05) is 6.54 Å². The van der Waals surface area contributed by atoms with E-state index in [0.717, 1.165) is 12.8 Å². The van der Waals surface area contributed by atoms with Crippen LogP contribution in [0.3, 0.4) is 0 Å². The van der Waals surface area contributed by atoms with E-state index in [1.807, 2.05) is 0 Å². The van der Waals surface area contributed by atoms with Crippen molar-refractivity contribution in [3.63, 3.8) is 0 Å². The molecule has 5 heteroatoms. The lowest BCUT2D eigenvalue weighted by molar-refractivity contribution is -0.153. The van der Waals surface area contributed by atoms with Crippen LogP contribution in [0.5, 0.6) is 0 Å². The van der Waals surface area contributed by atoms with E-state index < -0.39 is 17.6 Å². The van der Waals surface area contributed by atoms with Crippen LogP contribution < -0.4 is 5.73 Å². The van der Waals surface area contributed by atoms with Gasteiger partial charge in [-0.25, -0.2) is 4.79 Å². The van der Waals surface area contributed by atoms with Crippen molar-refractivity contribution in [2.24, 2.45) is 5.73 Å². The minimum Gasteiger partial charge on any atom is -0.480 e. The Morgan fingerprint density at radius 1 is 1.33 bits per heavy atom. The third-order valence-corrected chi connectivity index (χ3v) is 3.26. The zero-order chi connectivity index (χ0) is 11.1. The molecule has 5 nitrogen and oxygen atoms in total. The maximum atomic E-state index is 11.9. The van der Waals surface area contributed by atoms with Crippen LogP contribution in [0.4, 0.5) is 0 Å². The van der Waals surface area contributed by atoms with Crippen molar-refractivity contribution in [3.8, 4) is 0 Å². The van der Waals surface area contributed by atoms with Crippen LogP contribution in [0, 0.1) is 0 Å². The predicted octanol–water partition coefficient (Wildman–Crippen LogP) is -0.0566. The number of rotatable bonds is 2. The third-order valence-electron chi connectivity index (χ3n) is 3.26. The Kier molecular flexibility index (Phi) is 2.42. The average Bonchev–Trinajstić information content (AvgIpc) is 2.96. The van der Waals surface area contributed by atoms with Gasteiger partial charge < -0.3 is 15.7 Å². The second kappa shape index (κ2) is 3.48. The van der Waals surface area contributed by atoms with Gasteiger partial charge in [0.15, 0.2) is 0 Å². The number of likely N-dealkylation sites (tertiary alicyclic amines) is 1. The second-order valence-corrected chi connectivity index (χ2v) is 4.50. The van der Waals surface area contributed by atoms with E-state index in [-0.39, 0.29) is 5.91 Å². The summed E-state index contributed by atoms with van der Waals surface area (Å²) in [5.74, 6) is -1.08. The largest absolute Gasteiger partial charge is 0.480 e. The first-order chi connectivity index (χ1) is 7.04. The summed E-state index contributed by atoms with van der Waals surface area (Å²) in [4.78, 5) is 24.4. The molecule has 0 aromatic heterocycles. The smallest absolute Gasteiger partial charge is 0.326 e. The van der Waals surface area contributed by atoms with Crippen LogP contribution in [0.2, 0.25) is 0 Å². The molecular formula is C10H16N2O3. The molecule has 84 valence electrons. The number of carboxylic acid groups (broad SMARTS) is 1. The fourth-order valence-corrected chi connectivity index (χ4v) is 2.07. The summed E-state index contributed by atoms with van der Waals surface area (Å²) in [7, 11) is 0. The highest BCUT2D eigenvalue weighted by Gasteiger charge is 2.50. The van der Waals surface area contributed by atoms with E-state index in [9.17, 15) is 9.59 Å². The number of carbonyl (C=O) groups excluding carboxylic acids is 1. The molecule has 1 saturated heterocycles. The lowest BCUT2D eigenvalue weighted by atomic mass is 10.0. The van der Waals surface area contributed by atoms with E-state index in [1.54, 1.807) is 0 Å². The Morgan fingerprint density at radius 2 is 2.00 bits per heavy atom. The van der Waals surface area contributed by atoms with Gasteiger partial charge in [0.25, 0.3) is 0 Å². The lowest BCUT2D eigenvalue weighted by Crippen LogP contribution is -2.54. The number of amides is 1. The fraction of sp³-hybridized carbons (Fsp3) is 0.800. The summed E-state index contributed by atoms with van der Waals surface area (Å²) in [6.45, 7) is 0.536. The summed E-state index contributed by atoms with van der Waals surface area (Å²) in [6.07, 6.45) is 3.68. The van der Waals surface area contributed by atoms with E-state index in [1.165, 1.54) is 4.90 Å². The molecule has 2 fully saturated rings. The van der Waals surface area contributed by atoms with Crippen molar-refractivity contribution in [3.05, 3.63) is 0 Å². The molecule has 1 atom stereocenters. The van der Waals surface area contributed by atoms with Crippen molar-refractivity contribution in [2.45, 2.75) is 43.7 Å². The van der Waals surface area contributed by atoms with Gasteiger partial charge in [-0.2, -0.15) is 0 Å². The van der Waals surface area contributed by atoms with Gasteiger partial charge in [-0.05, 0) is 32.1 Å². The van der Waals surface area contributed by atoms with Crippen LogP contribution >= 0.6 is 0 Å². The van der Waals surface area contributed by atoms with Gasteiger partial charge in [-0.3, -0.25) is 4.79 Å². The molecule has 0 radical (unpaired) electrons. The monoisotopic (exact) mass is 212 g/mol. The molecule has 0 bridgehead atoms. The molecule has 3 N–H and O–H groups in total. The first-order valence-corrected chi connectivity index (χ1v) is 5.37. The standard InChI is InChI=1S/C10H16N2O3/c11-10(4-5-10)9(15)12-6-2-1-3-7(12)8(13)14/h7H,1-6,11H2,(H,13,14)/t7-/m0/s1. The van der Waals surface area contributed by atoms with Crippen molar-refractivity contribution in [1.82, 2.24) is 4.90 Å². The van der Waals surface area contributed by atoms with Crippen LogP contribution in [0.1, 0.15) is 32.1 Å². The van der Waals surface area contributed by atoms with Crippen LogP contribution in [-0.2, 0) is 9.59 Å². The van der Waals surface area contributed by atoms with Crippen molar-refractivity contribution < 1.29 is 14.7 Å². The van der Waals surface area contributed by atoms with Crippen LogP contribution in [0.15, 0.2) is 0 Å².